The maximum Gasteiger partial charge on any atom is 0.105 e. The number of rotatable bonds is 3. The van der Waals surface area contributed by atoms with Crippen LogP contribution in [0.3, 0.4) is 0 Å². The second kappa shape index (κ2) is 4.30. The number of methoxy groups -OCH3 is 1. The Kier molecular flexibility index (Phi) is 4.38. The summed E-state index contributed by atoms with van der Waals surface area (Å²) in [7, 11) is 1.14. The average Bonchev–Trinajstić information content (AvgIpc) is 1.61. The Balaban J connectivity index is 2.68. The Labute approximate surface area is 46.6 Å². The van der Waals surface area contributed by atoms with Crippen LogP contribution in [0.5, 0.6) is 0 Å². The molecular formula is C4H13NOSi. The molecule has 0 bridgehead atoms. The van der Waals surface area contributed by atoms with Crippen LogP contribution in [0.4, 0.5) is 0 Å². The maximum atomic E-state index is 4.78. The van der Waals surface area contributed by atoms with E-state index in [1.807, 2.05) is 0 Å². The van der Waals surface area contributed by atoms with Gasteiger partial charge >= 0.3 is 0 Å². The Bertz CT molecular complexity index is 40.7. The lowest BCUT2D eigenvalue weighted by Crippen LogP contribution is -2.28. The minimum atomic E-state index is -0.563. The lowest BCUT2D eigenvalue weighted by molar-refractivity contribution is 0.194. The summed E-state index contributed by atoms with van der Waals surface area (Å²) in [5, 5.41) is 0. The monoisotopic (exact) mass is 119 g/mol. The lowest BCUT2D eigenvalue weighted by Gasteiger charge is -2.02. The first kappa shape index (κ1) is 7.14. The molecule has 44 valence electrons. The number of ether oxygens (including phenoxy) is 1. The largest absolute Gasteiger partial charge is 0.370 e. The van der Waals surface area contributed by atoms with Crippen LogP contribution in [0.2, 0.25) is 13.1 Å². The number of nitrogens with one attached hydrogen (secondary N) is 1. The third-order valence-electron chi connectivity index (χ3n) is 0.636. The van der Waals surface area contributed by atoms with Gasteiger partial charge in [0.05, 0.1) is 6.73 Å². The van der Waals surface area contributed by atoms with E-state index in [4.69, 9.17) is 4.74 Å². The Morgan fingerprint density at radius 1 is 1.57 bits per heavy atom. The van der Waals surface area contributed by atoms with Crippen LogP contribution in [0, 0.1) is 0 Å². The molecule has 0 fully saturated rings. The van der Waals surface area contributed by atoms with Crippen molar-refractivity contribution < 1.29 is 4.74 Å². The summed E-state index contributed by atoms with van der Waals surface area (Å²) >= 11 is 0. The summed E-state index contributed by atoms with van der Waals surface area (Å²) in [6.45, 7) is 5.15. The molecule has 0 aromatic rings. The zero-order chi connectivity index (χ0) is 5.70. The van der Waals surface area contributed by atoms with Gasteiger partial charge in [0.15, 0.2) is 0 Å². The van der Waals surface area contributed by atoms with Crippen molar-refractivity contribution in [1.82, 2.24) is 4.98 Å². The van der Waals surface area contributed by atoms with Crippen molar-refractivity contribution >= 4 is 8.96 Å². The molecule has 3 heteroatoms. The highest BCUT2D eigenvalue weighted by molar-refractivity contribution is 6.52. The van der Waals surface area contributed by atoms with Crippen molar-refractivity contribution in [3.05, 3.63) is 0 Å². The maximum absolute atomic E-state index is 4.78. The topological polar surface area (TPSA) is 21.3 Å². The molecule has 0 saturated carbocycles. The van der Waals surface area contributed by atoms with E-state index in [1.54, 1.807) is 7.11 Å². The van der Waals surface area contributed by atoms with E-state index >= 15 is 0 Å². The summed E-state index contributed by atoms with van der Waals surface area (Å²) in [6, 6.07) is 0. The fourth-order valence-corrected chi connectivity index (χ4v) is 0.750. The minimum absolute atomic E-state index is 0.563. The van der Waals surface area contributed by atoms with Gasteiger partial charge in [0.1, 0.15) is 8.96 Å². The van der Waals surface area contributed by atoms with E-state index in [9.17, 15) is 0 Å². The highest BCUT2D eigenvalue weighted by atomic mass is 28.3. The third-order valence-corrected chi connectivity index (χ3v) is 1.62. The molecule has 7 heavy (non-hydrogen) atoms. The van der Waals surface area contributed by atoms with Gasteiger partial charge in [-0.15, -0.1) is 0 Å². The van der Waals surface area contributed by atoms with Gasteiger partial charge in [-0.05, 0) is 0 Å². The Hall–Kier alpha value is 0.137. The number of hydrogen-bond donors (Lipinski definition) is 1. The van der Waals surface area contributed by atoms with Crippen LogP contribution in [0.25, 0.3) is 0 Å². The molecule has 0 aromatic carbocycles. The fraction of sp³-hybridized carbons (Fsp3) is 1.00. The fourth-order valence-electron chi connectivity index (χ4n) is 0.250. The van der Waals surface area contributed by atoms with Gasteiger partial charge in [-0.3, -0.25) is 0 Å². The Morgan fingerprint density at radius 2 is 2.14 bits per heavy atom. The normalized spacial score (nSPS) is 10.3. The van der Waals surface area contributed by atoms with Gasteiger partial charge in [0, 0.05) is 7.11 Å². The van der Waals surface area contributed by atoms with E-state index in [1.165, 1.54) is 0 Å². The molecule has 0 amide bonds. The van der Waals surface area contributed by atoms with Crippen molar-refractivity contribution in [2.75, 3.05) is 13.8 Å². The molecule has 0 aromatic heterocycles. The van der Waals surface area contributed by atoms with E-state index in [0.717, 1.165) is 0 Å². The lowest BCUT2D eigenvalue weighted by atomic mass is 11.3. The van der Waals surface area contributed by atoms with Crippen molar-refractivity contribution in [3.63, 3.8) is 0 Å². The average molecular weight is 119 g/mol. The van der Waals surface area contributed by atoms with Gasteiger partial charge in [0.2, 0.25) is 0 Å². The predicted molar refractivity (Wildman–Crippen MR) is 33.9 cm³/mol. The standard InChI is InChI=1S/C4H13NOSi/c1-6-4-5-7(2)3/h5,7H,4H2,1-3H3. The molecule has 0 aliphatic heterocycles. The second-order valence-electron chi connectivity index (χ2n) is 1.79. The molecule has 0 spiro atoms. The zero-order valence-electron chi connectivity index (χ0n) is 5.19. The van der Waals surface area contributed by atoms with Crippen molar-refractivity contribution in [1.29, 1.82) is 0 Å². The molecule has 0 aliphatic carbocycles. The van der Waals surface area contributed by atoms with Crippen LogP contribution in [-0.4, -0.2) is 22.8 Å². The first-order valence-corrected chi connectivity index (χ1v) is 5.38. The van der Waals surface area contributed by atoms with Crippen molar-refractivity contribution in [3.8, 4) is 0 Å². The van der Waals surface area contributed by atoms with Crippen molar-refractivity contribution in [2.24, 2.45) is 0 Å². The van der Waals surface area contributed by atoms with Crippen molar-refractivity contribution in [2.45, 2.75) is 13.1 Å². The molecule has 1 N–H and O–H groups in total. The molecule has 0 unspecified atom stereocenters. The quantitative estimate of drug-likeness (QED) is 0.422. The first-order chi connectivity index (χ1) is 3.27. The van der Waals surface area contributed by atoms with Gasteiger partial charge in [-0.25, -0.2) is 0 Å². The van der Waals surface area contributed by atoms with E-state index < -0.39 is 8.96 Å². The van der Waals surface area contributed by atoms with Crippen LogP contribution >= 0.6 is 0 Å². The second-order valence-corrected chi connectivity index (χ2v) is 4.51. The summed E-state index contributed by atoms with van der Waals surface area (Å²) < 4.78 is 4.78. The highest BCUT2D eigenvalue weighted by Gasteiger charge is 1.88. The van der Waals surface area contributed by atoms with Crippen LogP contribution < -0.4 is 4.98 Å². The van der Waals surface area contributed by atoms with Crippen LogP contribution in [0.15, 0.2) is 0 Å². The van der Waals surface area contributed by atoms with Crippen LogP contribution in [0.1, 0.15) is 0 Å². The number of hydrogen-bond acceptors (Lipinski definition) is 2. The molecule has 0 rings (SSSR count). The van der Waals surface area contributed by atoms with E-state index in [0.29, 0.717) is 6.73 Å². The smallest absolute Gasteiger partial charge is 0.105 e. The summed E-state index contributed by atoms with van der Waals surface area (Å²) in [5.74, 6) is 0. The van der Waals surface area contributed by atoms with Crippen LogP contribution in [-0.2, 0) is 4.74 Å². The zero-order valence-corrected chi connectivity index (χ0v) is 6.35. The SMILES string of the molecule is COCN[SiH](C)C. The molecule has 0 atom stereocenters. The molecule has 0 aliphatic rings. The molecular weight excluding hydrogens is 106 g/mol. The highest BCUT2D eigenvalue weighted by Crippen LogP contribution is 1.68. The molecule has 0 saturated heterocycles. The minimum Gasteiger partial charge on any atom is -0.370 e. The predicted octanol–water partition coefficient (Wildman–Crippen LogP) is 0.163. The van der Waals surface area contributed by atoms with Gasteiger partial charge in [-0.1, -0.05) is 13.1 Å². The first-order valence-electron chi connectivity index (χ1n) is 2.49. The summed E-state index contributed by atoms with van der Waals surface area (Å²) in [6.07, 6.45) is 0. The summed E-state index contributed by atoms with van der Waals surface area (Å²) in [4.78, 5) is 3.21. The van der Waals surface area contributed by atoms with E-state index in [-0.39, 0.29) is 0 Å². The summed E-state index contributed by atoms with van der Waals surface area (Å²) in [5.41, 5.74) is 0. The Morgan fingerprint density at radius 3 is 2.29 bits per heavy atom. The van der Waals surface area contributed by atoms with E-state index in [2.05, 4.69) is 18.1 Å². The molecule has 2 nitrogen and oxygen atoms in total. The van der Waals surface area contributed by atoms with Gasteiger partial charge in [-0.2, -0.15) is 0 Å². The molecule has 0 heterocycles. The third kappa shape index (κ3) is 6.14. The van der Waals surface area contributed by atoms with Gasteiger partial charge in [0.25, 0.3) is 0 Å². The van der Waals surface area contributed by atoms with Gasteiger partial charge < -0.3 is 9.72 Å². The molecule has 0 radical (unpaired) electrons.